The molecule has 9 nitrogen and oxygen atoms in total. The molecule has 5 aliphatic rings. The fourth-order valence-corrected chi connectivity index (χ4v) is 8.55. The first-order valence-corrected chi connectivity index (χ1v) is 15.6. The quantitative estimate of drug-likeness (QED) is 0.426. The SMILES string of the molecule is C[C@@H]1[C@H]2[C@@H]3CC[C@H](CN2c2nc(OC[C@@]45CCCN4C[C@H](F)C5)nc4c(F)c(Cl)nc(c24)[C@@H]1C)N3C(=O)OC(C)(C)C. The minimum atomic E-state index is -0.888. The van der Waals surface area contributed by atoms with Crippen molar-refractivity contribution in [1.29, 1.82) is 0 Å². The molecule has 4 saturated heterocycles. The number of hydrogen-bond donors (Lipinski definition) is 0. The smallest absolute Gasteiger partial charge is 0.410 e. The maximum Gasteiger partial charge on any atom is 0.410 e. The Morgan fingerprint density at radius 2 is 1.95 bits per heavy atom. The molecule has 0 aliphatic carbocycles. The van der Waals surface area contributed by atoms with Crippen molar-refractivity contribution in [1.82, 2.24) is 24.8 Å². The Bertz CT molecular complexity index is 1440. The Balaban J connectivity index is 1.31. The fourth-order valence-electron chi connectivity index (χ4n) is 8.37. The first-order valence-electron chi connectivity index (χ1n) is 15.2. The van der Waals surface area contributed by atoms with Crippen LogP contribution >= 0.6 is 11.6 Å². The van der Waals surface area contributed by atoms with Crippen LogP contribution in [0.3, 0.4) is 0 Å². The predicted octanol–water partition coefficient (Wildman–Crippen LogP) is 5.48. The van der Waals surface area contributed by atoms with Crippen LogP contribution in [0.4, 0.5) is 19.4 Å². The molecule has 0 unspecified atom stereocenters. The van der Waals surface area contributed by atoms with Crippen LogP contribution in [0.15, 0.2) is 0 Å². The largest absolute Gasteiger partial charge is 0.461 e. The molecule has 0 saturated carbocycles. The molecule has 2 aromatic rings. The number of alkyl halides is 1. The highest BCUT2D eigenvalue weighted by Gasteiger charge is 2.54. The summed E-state index contributed by atoms with van der Waals surface area (Å²) in [4.78, 5) is 33.7. The maximum atomic E-state index is 15.7. The first-order chi connectivity index (χ1) is 19.9. The van der Waals surface area contributed by atoms with Crippen molar-refractivity contribution in [2.24, 2.45) is 5.92 Å². The van der Waals surface area contributed by atoms with E-state index in [2.05, 4.69) is 33.6 Å². The van der Waals surface area contributed by atoms with E-state index in [1.54, 1.807) is 0 Å². The van der Waals surface area contributed by atoms with E-state index in [4.69, 9.17) is 26.1 Å². The highest BCUT2D eigenvalue weighted by Crippen LogP contribution is 2.49. The minimum Gasteiger partial charge on any atom is -0.461 e. The monoisotopic (exact) mass is 604 g/mol. The summed E-state index contributed by atoms with van der Waals surface area (Å²) in [7, 11) is 0. The third kappa shape index (κ3) is 4.31. The Kier molecular flexibility index (Phi) is 6.55. The molecule has 2 aromatic heterocycles. The zero-order valence-corrected chi connectivity index (χ0v) is 25.6. The lowest BCUT2D eigenvalue weighted by Gasteiger charge is -2.49. The average Bonchev–Trinajstić information content (AvgIpc) is 3.54. The average molecular weight is 605 g/mol. The van der Waals surface area contributed by atoms with Crippen LogP contribution in [0.5, 0.6) is 6.01 Å². The van der Waals surface area contributed by atoms with Crippen LogP contribution < -0.4 is 9.64 Å². The van der Waals surface area contributed by atoms with Crippen LogP contribution in [0, 0.1) is 11.7 Å². The van der Waals surface area contributed by atoms with E-state index in [0.717, 1.165) is 32.2 Å². The van der Waals surface area contributed by atoms with Crippen LogP contribution in [0.2, 0.25) is 5.15 Å². The van der Waals surface area contributed by atoms with Crippen LogP contribution in [-0.2, 0) is 4.74 Å². The minimum absolute atomic E-state index is 0.0284. The van der Waals surface area contributed by atoms with Gasteiger partial charge in [-0.25, -0.2) is 18.6 Å². The summed E-state index contributed by atoms with van der Waals surface area (Å²) in [5.74, 6) is -0.229. The normalized spacial score (nSPS) is 34.0. The second kappa shape index (κ2) is 9.74. The van der Waals surface area contributed by atoms with E-state index in [9.17, 15) is 9.18 Å². The van der Waals surface area contributed by atoms with Crippen LogP contribution in [0.1, 0.15) is 78.3 Å². The zero-order chi connectivity index (χ0) is 29.7. The molecule has 42 heavy (non-hydrogen) atoms. The Hall–Kier alpha value is -2.53. The van der Waals surface area contributed by atoms with Gasteiger partial charge >= 0.3 is 12.1 Å². The second-order valence-electron chi connectivity index (χ2n) is 14.0. The number of piperazine rings is 1. The molecular formula is C30H39ClF2N6O3. The van der Waals surface area contributed by atoms with Crippen molar-refractivity contribution in [2.75, 3.05) is 31.1 Å². The van der Waals surface area contributed by atoms with Crippen molar-refractivity contribution in [3.63, 3.8) is 0 Å². The van der Waals surface area contributed by atoms with E-state index >= 15 is 4.39 Å². The third-order valence-corrected chi connectivity index (χ3v) is 10.6. The molecular weight excluding hydrogens is 566 g/mol. The Morgan fingerprint density at radius 3 is 2.71 bits per heavy atom. The van der Waals surface area contributed by atoms with Crippen molar-refractivity contribution in [3.05, 3.63) is 16.7 Å². The van der Waals surface area contributed by atoms with Crippen molar-refractivity contribution >= 4 is 34.4 Å². The van der Waals surface area contributed by atoms with Gasteiger partial charge in [-0.3, -0.25) is 9.80 Å². The van der Waals surface area contributed by atoms with Gasteiger partial charge in [0.2, 0.25) is 0 Å². The van der Waals surface area contributed by atoms with Gasteiger partial charge in [0, 0.05) is 25.4 Å². The molecule has 0 aromatic carbocycles. The molecule has 12 heteroatoms. The van der Waals surface area contributed by atoms with Gasteiger partial charge in [-0.05, 0) is 58.9 Å². The van der Waals surface area contributed by atoms with E-state index < -0.39 is 23.1 Å². The molecule has 0 radical (unpaired) electrons. The van der Waals surface area contributed by atoms with Gasteiger partial charge in [-0.15, -0.1) is 0 Å². The number of rotatable bonds is 3. The molecule has 7 rings (SSSR count). The lowest BCUT2D eigenvalue weighted by molar-refractivity contribution is 0.00427. The molecule has 7 heterocycles. The number of anilines is 1. The third-order valence-electron chi connectivity index (χ3n) is 10.3. The summed E-state index contributed by atoms with van der Waals surface area (Å²) in [6, 6.07) is -0.239. The second-order valence-corrected chi connectivity index (χ2v) is 14.4. The van der Waals surface area contributed by atoms with E-state index in [1.165, 1.54) is 0 Å². The van der Waals surface area contributed by atoms with Gasteiger partial charge in [0.25, 0.3) is 0 Å². The summed E-state index contributed by atoms with van der Waals surface area (Å²) in [5, 5.41) is 0.308. The Morgan fingerprint density at radius 1 is 1.17 bits per heavy atom. The van der Waals surface area contributed by atoms with Gasteiger partial charge < -0.3 is 14.4 Å². The predicted molar refractivity (Wildman–Crippen MR) is 154 cm³/mol. The number of carbonyl (C=O) groups excluding carboxylic acids is 1. The fraction of sp³-hybridized carbons (Fsp3) is 0.733. The first kappa shape index (κ1) is 28.3. The molecule has 4 fully saturated rings. The van der Waals surface area contributed by atoms with Crippen molar-refractivity contribution < 1.29 is 23.0 Å². The number of nitrogens with zero attached hydrogens (tertiary/aromatic N) is 6. The Labute approximate surface area is 249 Å². The molecule has 2 bridgehead atoms. The molecule has 5 aliphatic heterocycles. The molecule has 0 spiro atoms. The number of fused-ring (bicyclic) bond motifs is 6. The van der Waals surface area contributed by atoms with Crippen molar-refractivity contribution in [2.45, 2.75) is 108 Å². The van der Waals surface area contributed by atoms with Crippen molar-refractivity contribution in [3.8, 4) is 6.01 Å². The number of carbonyl (C=O) groups is 1. The van der Waals surface area contributed by atoms with E-state index in [0.29, 0.717) is 36.4 Å². The standard InChI is InChI=1S/C30H39ClF2N6O3/c1-15-16(2)24-19-8-7-18(39(19)28(40)42-29(3,4)5)13-38(24)26-20-22(15)34-25(31)21(33)23(20)35-27(36-26)41-14-30-9-6-10-37(30)12-17(32)11-30/h15-19,24H,6-14H2,1-5H3/t15-,16+,17-,18-,19+,24+,30+/m1/s1. The van der Waals surface area contributed by atoms with Gasteiger partial charge in [-0.1, -0.05) is 25.4 Å². The number of aromatic nitrogens is 3. The number of halogens is 3. The number of ether oxygens (including phenoxy) is 2. The number of pyridine rings is 1. The maximum absolute atomic E-state index is 15.7. The topological polar surface area (TPSA) is 83.9 Å². The molecule has 0 N–H and O–H groups in total. The van der Waals surface area contributed by atoms with Crippen LogP contribution in [-0.4, -0.2) is 92.5 Å². The molecule has 228 valence electrons. The van der Waals surface area contributed by atoms with E-state index in [-0.39, 0.29) is 59.3 Å². The lowest BCUT2D eigenvalue weighted by atomic mass is 9.82. The zero-order valence-electron chi connectivity index (χ0n) is 24.9. The van der Waals surface area contributed by atoms with E-state index in [1.807, 2.05) is 25.7 Å². The summed E-state index contributed by atoms with van der Waals surface area (Å²) in [6.45, 7) is 11.9. The lowest BCUT2D eigenvalue weighted by Crippen LogP contribution is -2.64. The number of amides is 1. The van der Waals surface area contributed by atoms with Gasteiger partial charge in [0.15, 0.2) is 11.0 Å². The highest BCUT2D eigenvalue weighted by atomic mass is 35.5. The van der Waals surface area contributed by atoms with Crippen LogP contribution in [0.25, 0.3) is 10.9 Å². The highest BCUT2D eigenvalue weighted by molar-refractivity contribution is 6.30. The summed E-state index contributed by atoms with van der Waals surface area (Å²) >= 11 is 6.36. The summed E-state index contributed by atoms with van der Waals surface area (Å²) in [6.07, 6.45) is 2.73. The molecule has 1 amide bonds. The summed E-state index contributed by atoms with van der Waals surface area (Å²) < 4.78 is 42.2. The van der Waals surface area contributed by atoms with Gasteiger partial charge in [-0.2, -0.15) is 9.97 Å². The van der Waals surface area contributed by atoms with Gasteiger partial charge in [0.05, 0.1) is 34.7 Å². The molecule has 7 atom stereocenters. The van der Waals surface area contributed by atoms with Gasteiger partial charge in [0.1, 0.15) is 29.7 Å². The summed E-state index contributed by atoms with van der Waals surface area (Å²) in [5.41, 5.74) is -0.265. The number of hydrogen-bond acceptors (Lipinski definition) is 8.